The maximum atomic E-state index is 12.6. The smallest absolute Gasteiger partial charge is 0.276 e. The highest BCUT2D eigenvalue weighted by Crippen LogP contribution is 2.21. The summed E-state index contributed by atoms with van der Waals surface area (Å²) in [5.41, 5.74) is 1.26. The van der Waals surface area contributed by atoms with Crippen molar-refractivity contribution in [2.45, 2.75) is 39.3 Å². The van der Waals surface area contributed by atoms with Gasteiger partial charge in [-0.1, -0.05) is 5.21 Å². The number of aryl methyl sites for hydroxylation is 1. The Hall–Kier alpha value is -2.15. The summed E-state index contributed by atoms with van der Waals surface area (Å²) in [7, 11) is 1.75. The predicted molar refractivity (Wildman–Crippen MR) is 85.1 cm³/mol. The molecule has 2 aromatic heterocycles. The van der Waals surface area contributed by atoms with Gasteiger partial charge in [-0.2, -0.15) is 0 Å². The zero-order chi connectivity index (χ0) is 16.4. The first-order valence-corrected chi connectivity index (χ1v) is 7.99. The molecule has 124 valence electrons. The molecule has 1 aliphatic rings. The van der Waals surface area contributed by atoms with Gasteiger partial charge in [0.2, 0.25) is 0 Å². The standard InChI is InChI=1S/C16H23N5O2/c1-11-4-5-14(23-11)10-20(3)16(22)15-12(2)21(19-18-15)13-6-8-17-9-7-13/h4-5,13,17H,6-10H2,1-3H3. The van der Waals surface area contributed by atoms with Crippen molar-refractivity contribution in [2.24, 2.45) is 0 Å². The number of carbonyl (C=O) groups is 1. The number of hydrogen-bond acceptors (Lipinski definition) is 5. The molecule has 0 aromatic carbocycles. The van der Waals surface area contributed by atoms with E-state index < -0.39 is 0 Å². The van der Waals surface area contributed by atoms with Crippen molar-refractivity contribution < 1.29 is 9.21 Å². The van der Waals surface area contributed by atoms with Crippen molar-refractivity contribution in [3.05, 3.63) is 35.0 Å². The Balaban J connectivity index is 1.73. The average molecular weight is 317 g/mol. The van der Waals surface area contributed by atoms with Crippen molar-refractivity contribution >= 4 is 5.91 Å². The SMILES string of the molecule is Cc1ccc(CN(C)C(=O)c2nnn(C3CCNCC3)c2C)o1. The second kappa shape index (κ2) is 6.54. The first kappa shape index (κ1) is 15.7. The number of nitrogens with zero attached hydrogens (tertiary/aromatic N) is 4. The Morgan fingerprint density at radius 3 is 2.78 bits per heavy atom. The zero-order valence-electron chi connectivity index (χ0n) is 13.9. The molecular formula is C16H23N5O2. The fourth-order valence-corrected chi connectivity index (χ4v) is 2.99. The van der Waals surface area contributed by atoms with E-state index in [2.05, 4.69) is 15.6 Å². The van der Waals surface area contributed by atoms with Crippen LogP contribution in [-0.2, 0) is 6.54 Å². The molecule has 0 unspecified atom stereocenters. The van der Waals surface area contributed by atoms with Crippen LogP contribution in [-0.4, -0.2) is 45.9 Å². The summed E-state index contributed by atoms with van der Waals surface area (Å²) in [6.45, 7) is 6.18. The van der Waals surface area contributed by atoms with Gasteiger partial charge in [0, 0.05) is 7.05 Å². The second-order valence-electron chi connectivity index (χ2n) is 6.12. The molecule has 2 aromatic rings. The third-order valence-corrected chi connectivity index (χ3v) is 4.32. The lowest BCUT2D eigenvalue weighted by Crippen LogP contribution is -2.30. The van der Waals surface area contributed by atoms with Gasteiger partial charge < -0.3 is 14.6 Å². The number of carbonyl (C=O) groups excluding carboxylic acids is 1. The van der Waals surface area contributed by atoms with Crippen LogP contribution in [0.15, 0.2) is 16.5 Å². The van der Waals surface area contributed by atoms with Gasteiger partial charge in [-0.3, -0.25) is 4.79 Å². The number of nitrogens with one attached hydrogen (secondary N) is 1. The third kappa shape index (κ3) is 3.29. The number of rotatable bonds is 4. The van der Waals surface area contributed by atoms with E-state index in [0.29, 0.717) is 18.3 Å². The van der Waals surface area contributed by atoms with Crippen molar-refractivity contribution in [2.75, 3.05) is 20.1 Å². The van der Waals surface area contributed by atoms with Crippen LogP contribution in [0.1, 0.15) is 46.6 Å². The van der Waals surface area contributed by atoms with Crippen LogP contribution >= 0.6 is 0 Å². The molecule has 3 heterocycles. The van der Waals surface area contributed by atoms with Gasteiger partial charge >= 0.3 is 0 Å². The van der Waals surface area contributed by atoms with Crippen LogP contribution in [0.5, 0.6) is 0 Å². The number of hydrogen-bond donors (Lipinski definition) is 1. The molecule has 0 atom stereocenters. The Morgan fingerprint density at radius 2 is 2.13 bits per heavy atom. The van der Waals surface area contributed by atoms with E-state index in [0.717, 1.165) is 43.1 Å². The Morgan fingerprint density at radius 1 is 1.39 bits per heavy atom. The number of aromatic nitrogens is 3. The largest absolute Gasteiger partial charge is 0.464 e. The summed E-state index contributed by atoms with van der Waals surface area (Å²) in [4.78, 5) is 14.2. The molecule has 0 saturated carbocycles. The molecule has 0 aliphatic carbocycles. The maximum Gasteiger partial charge on any atom is 0.276 e. The summed E-state index contributed by atoms with van der Waals surface area (Å²) in [5, 5.41) is 11.7. The lowest BCUT2D eigenvalue weighted by atomic mass is 10.1. The molecule has 1 saturated heterocycles. The van der Waals surface area contributed by atoms with Gasteiger partial charge in [-0.15, -0.1) is 5.10 Å². The summed E-state index contributed by atoms with van der Waals surface area (Å²) in [6, 6.07) is 4.10. The molecular weight excluding hydrogens is 294 g/mol. The minimum absolute atomic E-state index is 0.128. The highest BCUT2D eigenvalue weighted by atomic mass is 16.3. The summed E-state index contributed by atoms with van der Waals surface area (Å²) >= 11 is 0. The molecule has 1 amide bonds. The topological polar surface area (TPSA) is 76.2 Å². The molecule has 0 bridgehead atoms. The average Bonchev–Trinajstić information content (AvgIpc) is 3.13. The minimum atomic E-state index is -0.128. The Bertz CT molecular complexity index is 684. The summed E-state index contributed by atoms with van der Waals surface area (Å²) < 4.78 is 7.43. The molecule has 1 aliphatic heterocycles. The quantitative estimate of drug-likeness (QED) is 0.928. The van der Waals surface area contributed by atoms with E-state index in [4.69, 9.17) is 4.42 Å². The molecule has 0 radical (unpaired) electrons. The number of piperidine rings is 1. The fourth-order valence-electron chi connectivity index (χ4n) is 2.99. The van der Waals surface area contributed by atoms with Gasteiger partial charge in [-0.05, 0) is 51.9 Å². The van der Waals surface area contributed by atoms with Crippen LogP contribution in [0.4, 0.5) is 0 Å². The lowest BCUT2D eigenvalue weighted by Gasteiger charge is -2.23. The molecule has 0 spiro atoms. The van der Waals surface area contributed by atoms with Crippen LogP contribution in [0.25, 0.3) is 0 Å². The van der Waals surface area contributed by atoms with Gasteiger partial charge in [-0.25, -0.2) is 4.68 Å². The van der Waals surface area contributed by atoms with E-state index in [1.54, 1.807) is 11.9 Å². The number of furan rings is 1. The second-order valence-corrected chi connectivity index (χ2v) is 6.12. The summed E-state index contributed by atoms with van der Waals surface area (Å²) in [6.07, 6.45) is 2.03. The van der Waals surface area contributed by atoms with E-state index in [1.165, 1.54) is 0 Å². The normalized spacial score (nSPS) is 15.8. The highest BCUT2D eigenvalue weighted by molar-refractivity contribution is 5.93. The van der Waals surface area contributed by atoms with Crippen molar-refractivity contribution in [3.8, 4) is 0 Å². The van der Waals surface area contributed by atoms with Gasteiger partial charge in [0.15, 0.2) is 5.69 Å². The molecule has 7 heteroatoms. The zero-order valence-corrected chi connectivity index (χ0v) is 13.9. The lowest BCUT2D eigenvalue weighted by molar-refractivity contribution is 0.0768. The monoisotopic (exact) mass is 317 g/mol. The van der Waals surface area contributed by atoms with E-state index in [9.17, 15) is 4.79 Å². The minimum Gasteiger partial charge on any atom is -0.464 e. The van der Waals surface area contributed by atoms with Gasteiger partial charge in [0.05, 0.1) is 18.3 Å². The fraction of sp³-hybridized carbons (Fsp3) is 0.562. The highest BCUT2D eigenvalue weighted by Gasteiger charge is 2.25. The Labute approximate surface area is 135 Å². The van der Waals surface area contributed by atoms with Crippen LogP contribution in [0.2, 0.25) is 0 Å². The molecule has 1 fully saturated rings. The van der Waals surface area contributed by atoms with E-state index in [-0.39, 0.29) is 5.91 Å². The van der Waals surface area contributed by atoms with Gasteiger partial charge in [0.25, 0.3) is 5.91 Å². The summed E-state index contributed by atoms with van der Waals surface area (Å²) in [5.74, 6) is 1.48. The predicted octanol–water partition coefficient (Wildman–Crippen LogP) is 1.68. The van der Waals surface area contributed by atoms with Crippen molar-refractivity contribution in [1.82, 2.24) is 25.2 Å². The van der Waals surface area contributed by atoms with Crippen molar-refractivity contribution in [3.63, 3.8) is 0 Å². The first-order valence-electron chi connectivity index (χ1n) is 7.99. The van der Waals surface area contributed by atoms with E-state index in [1.807, 2.05) is 30.7 Å². The first-order chi connectivity index (χ1) is 11.1. The molecule has 7 nitrogen and oxygen atoms in total. The van der Waals surface area contributed by atoms with Crippen LogP contribution in [0.3, 0.4) is 0 Å². The van der Waals surface area contributed by atoms with Crippen LogP contribution < -0.4 is 5.32 Å². The van der Waals surface area contributed by atoms with Crippen LogP contribution in [0, 0.1) is 13.8 Å². The van der Waals surface area contributed by atoms with E-state index >= 15 is 0 Å². The van der Waals surface area contributed by atoms with Crippen molar-refractivity contribution in [1.29, 1.82) is 0 Å². The maximum absolute atomic E-state index is 12.6. The third-order valence-electron chi connectivity index (χ3n) is 4.32. The molecule has 23 heavy (non-hydrogen) atoms. The molecule has 3 rings (SSSR count). The Kier molecular flexibility index (Phi) is 4.47. The molecule has 1 N–H and O–H groups in total. The number of amides is 1. The van der Waals surface area contributed by atoms with Gasteiger partial charge in [0.1, 0.15) is 11.5 Å².